The van der Waals surface area contributed by atoms with Gasteiger partial charge >= 0.3 is 5.91 Å². The van der Waals surface area contributed by atoms with Crippen molar-refractivity contribution in [2.24, 2.45) is 0 Å². The van der Waals surface area contributed by atoms with Crippen LogP contribution in [0, 0.1) is 22.7 Å². The summed E-state index contributed by atoms with van der Waals surface area (Å²) in [5.41, 5.74) is 2.21. The van der Waals surface area contributed by atoms with Crippen LogP contribution in [0.2, 0.25) is 5.02 Å². The van der Waals surface area contributed by atoms with Crippen LogP contribution in [-0.4, -0.2) is 20.0 Å². The van der Waals surface area contributed by atoms with E-state index in [1.54, 1.807) is 45.8 Å². The number of rotatable bonds is 4. The van der Waals surface area contributed by atoms with Gasteiger partial charge in [0.05, 0.1) is 11.4 Å². The van der Waals surface area contributed by atoms with Crippen molar-refractivity contribution in [3.05, 3.63) is 83.7 Å². The number of fused-ring (bicyclic) bond motifs is 2. The molecule has 1 unspecified atom stereocenters. The highest BCUT2D eigenvalue weighted by molar-refractivity contribution is 7.99. The molecule has 1 amide bonds. The molecular formula is C25H19ClN5OS+. The zero-order chi connectivity index (χ0) is 23.5. The highest BCUT2D eigenvalue weighted by Gasteiger charge is 2.37. The Morgan fingerprint density at radius 2 is 1.73 bits per heavy atom. The highest BCUT2D eigenvalue weighted by atomic mass is 35.5. The first-order chi connectivity index (χ1) is 15.9. The van der Waals surface area contributed by atoms with Crippen LogP contribution < -0.4 is 14.4 Å². The SMILES string of the molecule is CN(C)c1cc[n+](C(C=C(C#N)C#N)C(=O)N2c3ccccc3Sc3ccc(Cl)cc32)cc1. The molecule has 1 atom stereocenters. The normalized spacial score (nSPS) is 12.5. The highest BCUT2D eigenvalue weighted by Crippen LogP contribution is 2.49. The van der Waals surface area contributed by atoms with Crippen LogP contribution >= 0.6 is 23.4 Å². The van der Waals surface area contributed by atoms with Crippen molar-refractivity contribution in [3.63, 3.8) is 0 Å². The number of pyridine rings is 1. The van der Waals surface area contributed by atoms with Crippen molar-refractivity contribution >= 4 is 46.3 Å². The molecule has 6 nitrogen and oxygen atoms in total. The number of amides is 1. The van der Waals surface area contributed by atoms with Gasteiger partial charge in [0.25, 0.3) is 6.04 Å². The summed E-state index contributed by atoms with van der Waals surface area (Å²) in [5.74, 6) is -0.308. The van der Waals surface area contributed by atoms with Gasteiger partial charge in [-0.05, 0) is 30.3 Å². The van der Waals surface area contributed by atoms with E-state index in [0.717, 1.165) is 21.2 Å². The molecule has 0 saturated heterocycles. The third-order valence-electron chi connectivity index (χ3n) is 5.20. The fourth-order valence-electron chi connectivity index (χ4n) is 3.55. The Morgan fingerprint density at radius 3 is 2.39 bits per heavy atom. The second-order valence-electron chi connectivity index (χ2n) is 7.50. The van der Waals surface area contributed by atoms with Gasteiger partial charge in [0.2, 0.25) is 0 Å². The van der Waals surface area contributed by atoms with Gasteiger partial charge in [0, 0.05) is 52.8 Å². The second kappa shape index (κ2) is 9.38. The summed E-state index contributed by atoms with van der Waals surface area (Å²) in [6, 6.07) is 19.6. The van der Waals surface area contributed by atoms with E-state index in [0.29, 0.717) is 10.7 Å². The first kappa shape index (κ1) is 22.4. The number of anilines is 3. The molecule has 0 N–H and O–H groups in total. The third-order valence-corrected chi connectivity index (χ3v) is 6.56. The molecule has 0 bridgehead atoms. The monoisotopic (exact) mass is 472 g/mol. The Morgan fingerprint density at radius 1 is 1.06 bits per heavy atom. The molecule has 0 saturated carbocycles. The van der Waals surface area contributed by atoms with Crippen molar-refractivity contribution in [2.75, 3.05) is 23.9 Å². The van der Waals surface area contributed by atoms with Crippen LogP contribution in [-0.2, 0) is 4.79 Å². The fourth-order valence-corrected chi connectivity index (χ4v) is 4.76. The van der Waals surface area contributed by atoms with Gasteiger partial charge in [-0.3, -0.25) is 9.69 Å². The summed E-state index contributed by atoms with van der Waals surface area (Å²) >= 11 is 7.85. The second-order valence-corrected chi connectivity index (χ2v) is 9.02. The van der Waals surface area contributed by atoms with E-state index >= 15 is 0 Å². The van der Waals surface area contributed by atoms with Gasteiger partial charge in [-0.15, -0.1) is 0 Å². The van der Waals surface area contributed by atoms with Gasteiger partial charge in [-0.1, -0.05) is 35.5 Å². The van der Waals surface area contributed by atoms with E-state index in [1.165, 1.54) is 6.08 Å². The van der Waals surface area contributed by atoms with Crippen LogP contribution in [0.3, 0.4) is 0 Å². The van der Waals surface area contributed by atoms with Crippen molar-refractivity contribution in [1.29, 1.82) is 10.5 Å². The van der Waals surface area contributed by atoms with E-state index in [1.807, 2.05) is 73.6 Å². The lowest BCUT2D eigenvalue weighted by Crippen LogP contribution is -2.48. The predicted octanol–water partition coefficient (Wildman–Crippen LogP) is 5.04. The average molecular weight is 473 g/mol. The smallest absolute Gasteiger partial charge is 0.305 e. The van der Waals surface area contributed by atoms with Crippen LogP contribution in [0.15, 0.2) is 88.4 Å². The standard InChI is InChI=1S/C25H19ClN5OS/c1-29(2)19-9-11-30(12-10-19)22(13-17(15-27)16-28)25(32)31-20-5-3-4-6-23(20)33-24-8-7-18(26)14-21(24)31/h3-14,22H,1-2H3/q+1. The van der Waals surface area contributed by atoms with Gasteiger partial charge < -0.3 is 4.90 Å². The number of carbonyl (C=O) groups excluding carboxylic acids is 1. The molecule has 0 fully saturated rings. The molecule has 1 aromatic heterocycles. The van der Waals surface area contributed by atoms with Crippen molar-refractivity contribution in [3.8, 4) is 12.1 Å². The summed E-state index contributed by atoms with van der Waals surface area (Å²) in [4.78, 5) is 19.5. The molecule has 33 heavy (non-hydrogen) atoms. The number of halogens is 1. The van der Waals surface area contributed by atoms with Crippen LogP contribution in [0.4, 0.5) is 17.1 Å². The minimum absolute atomic E-state index is 0.136. The Kier molecular flexibility index (Phi) is 6.37. The molecule has 4 rings (SSSR count). The van der Waals surface area contributed by atoms with Gasteiger partial charge in [-0.25, -0.2) is 0 Å². The molecule has 1 aliphatic rings. The number of hydrogen-bond acceptors (Lipinski definition) is 5. The maximum Gasteiger partial charge on any atom is 0.305 e. The lowest BCUT2D eigenvalue weighted by molar-refractivity contribution is -0.698. The van der Waals surface area contributed by atoms with Crippen LogP contribution in [0.1, 0.15) is 6.04 Å². The van der Waals surface area contributed by atoms with E-state index in [-0.39, 0.29) is 11.5 Å². The molecule has 3 aromatic rings. The topological polar surface area (TPSA) is 75.0 Å². The van der Waals surface area contributed by atoms with Crippen molar-refractivity contribution < 1.29 is 9.36 Å². The van der Waals surface area contributed by atoms with E-state index < -0.39 is 6.04 Å². The number of aromatic nitrogens is 1. The number of benzene rings is 2. The molecule has 1 aliphatic heterocycles. The Labute approximate surface area is 201 Å². The van der Waals surface area contributed by atoms with E-state index in [2.05, 4.69) is 0 Å². The van der Waals surface area contributed by atoms with E-state index in [9.17, 15) is 15.3 Å². The number of nitrogens with zero attached hydrogens (tertiary/aromatic N) is 5. The predicted molar refractivity (Wildman–Crippen MR) is 128 cm³/mol. The maximum absolute atomic E-state index is 14.1. The molecule has 0 aliphatic carbocycles. The number of allylic oxidation sites excluding steroid dienone is 1. The van der Waals surface area contributed by atoms with Gasteiger partial charge in [0.1, 0.15) is 17.7 Å². The summed E-state index contributed by atoms with van der Waals surface area (Å²) in [6.07, 6.45) is 4.93. The molecular weight excluding hydrogens is 454 g/mol. The lowest BCUT2D eigenvalue weighted by Gasteiger charge is -2.31. The average Bonchev–Trinajstić information content (AvgIpc) is 2.83. The maximum atomic E-state index is 14.1. The fraction of sp³-hybridized carbons (Fsp3) is 0.120. The quantitative estimate of drug-likeness (QED) is 0.393. The Balaban J connectivity index is 1.88. The number of hydrogen-bond donors (Lipinski definition) is 0. The molecule has 162 valence electrons. The number of nitriles is 2. The largest absolute Gasteiger partial charge is 0.377 e. The lowest BCUT2D eigenvalue weighted by atomic mass is 10.1. The van der Waals surface area contributed by atoms with Gasteiger partial charge in [-0.2, -0.15) is 15.1 Å². The molecule has 2 heterocycles. The first-order valence-electron chi connectivity index (χ1n) is 10.0. The third kappa shape index (κ3) is 4.42. The minimum Gasteiger partial charge on any atom is -0.377 e. The summed E-state index contributed by atoms with van der Waals surface area (Å²) < 4.78 is 1.69. The number of para-hydroxylation sites is 1. The van der Waals surface area contributed by atoms with Crippen LogP contribution in [0.25, 0.3) is 0 Å². The van der Waals surface area contributed by atoms with Crippen molar-refractivity contribution in [1.82, 2.24) is 0 Å². The molecule has 0 spiro atoms. The minimum atomic E-state index is -0.918. The summed E-state index contributed by atoms with van der Waals surface area (Å²) in [6.45, 7) is 0. The Bertz CT molecular complexity index is 1320. The molecule has 0 radical (unpaired) electrons. The van der Waals surface area contributed by atoms with Crippen LogP contribution in [0.5, 0.6) is 0 Å². The van der Waals surface area contributed by atoms with Crippen molar-refractivity contribution in [2.45, 2.75) is 15.8 Å². The summed E-state index contributed by atoms with van der Waals surface area (Å²) in [7, 11) is 3.85. The zero-order valence-corrected chi connectivity index (χ0v) is 19.5. The number of carbonyl (C=O) groups is 1. The summed E-state index contributed by atoms with van der Waals surface area (Å²) in [5, 5.41) is 19.3. The van der Waals surface area contributed by atoms with Gasteiger partial charge in [0.15, 0.2) is 12.4 Å². The Hall–Kier alpha value is -3.78. The molecule has 8 heteroatoms. The zero-order valence-electron chi connectivity index (χ0n) is 17.9. The molecule has 2 aromatic carbocycles. The first-order valence-corrected chi connectivity index (χ1v) is 11.2. The van der Waals surface area contributed by atoms with E-state index in [4.69, 9.17) is 11.6 Å².